The zero-order valence-electron chi connectivity index (χ0n) is 13.5. The lowest BCUT2D eigenvalue weighted by Crippen LogP contribution is -2.50. The van der Waals surface area contributed by atoms with E-state index in [2.05, 4.69) is 15.5 Å². The number of anilines is 1. The molecule has 2 amide bonds. The van der Waals surface area contributed by atoms with E-state index in [0.717, 1.165) is 0 Å². The van der Waals surface area contributed by atoms with Crippen molar-refractivity contribution in [3.05, 3.63) is 41.2 Å². The van der Waals surface area contributed by atoms with Crippen LogP contribution in [0.2, 0.25) is 0 Å². The highest BCUT2D eigenvalue weighted by Gasteiger charge is 2.23. The number of piperazine rings is 1. The lowest BCUT2D eigenvalue weighted by Gasteiger charge is -2.34. The number of nitrogens with zero attached hydrogens (tertiary/aromatic N) is 4. The monoisotopic (exact) mass is 363 g/mol. The van der Waals surface area contributed by atoms with Crippen molar-refractivity contribution in [2.75, 3.05) is 38.0 Å². The van der Waals surface area contributed by atoms with Crippen LogP contribution >= 0.6 is 11.3 Å². The Balaban J connectivity index is 1.44. The maximum Gasteiger partial charge on any atom is 0.240 e. The van der Waals surface area contributed by atoms with Crippen LogP contribution in [0.4, 0.5) is 9.52 Å². The maximum atomic E-state index is 13.6. The minimum absolute atomic E-state index is 0.0597. The fourth-order valence-electron chi connectivity index (χ4n) is 2.66. The van der Waals surface area contributed by atoms with E-state index in [1.54, 1.807) is 28.6 Å². The van der Waals surface area contributed by atoms with Gasteiger partial charge in [0, 0.05) is 26.2 Å². The molecule has 0 spiro atoms. The number of benzene rings is 1. The average molecular weight is 363 g/mol. The predicted octanol–water partition coefficient (Wildman–Crippen LogP) is 1.00. The minimum Gasteiger partial charge on any atom is -0.340 e. The Morgan fingerprint density at radius 1 is 1.20 bits per heavy atom. The fraction of sp³-hybridized carbons (Fsp3) is 0.375. The van der Waals surface area contributed by atoms with E-state index in [1.165, 1.54) is 17.4 Å². The molecule has 0 atom stereocenters. The Kier molecular flexibility index (Phi) is 5.67. The van der Waals surface area contributed by atoms with E-state index in [1.807, 2.05) is 4.90 Å². The first-order chi connectivity index (χ1) is 12.1. The van der Waals surface area contributed by atoms with Crippen LogP contribution in [0, 0.1) is 5.82 Å². The van der Waals surface area contributed by atoms with Gasteiger partial charge in [-0.05, 0) is 11.6 Å². The van der Waals surface area contributed by atoms with Gasteiger partial charge in [-0.15, -0.1) is 10.2 Å². The third-order valence-corrected chi connectivity index (χ3v) is 4.60. The van der Waals surface area contributed by atoms with Gasteiger partial charge in [-0.1, -0.05) is 29.5 Å². The van der Waals surface area contributed by atoms with Crippen LogP contribution in [-0.4, -0.2) is 64.5 Å². The molecule has 2 heterocycles. The Labute approximate surface area is 148 Å². The topological polar surface area (TPSA) is 78.4 Å². The number of carbonyl (C=O) groups is 2. The molecule has 132 valence electrons. The highest BCUT2D eigenvalue weighted by atomic mass is 32.1. The highest BCUT2D eigenvalue weighted by Crippen LogP contribution is 2.11. The molecule has 7 nitrogen and oxygen atoms in total. The van der Waals surface area contributed by atoms with Gasteiger partial charge in [0.05, 0.1) is 13.0 Å². The summed E-state index contributed by atoms with van der Waals surface area (Å²) in [7, 11) is 0. The number of hydrogen-bond acceptors (Lipinski definition) is 6. The molecule has 1 aromatic carbocycles. The zero-order chi connectivity index (χ0) is 17.6. The molecule has 1 saturated heterocycles. The molecule has 1 aliphatic rings. The van der Waals surface area contributed by atoms with Gasteiger partial charge in [-0.3, -0.25) is 19.8 Å². The van der Waals surface area contributed by atoms with E-state index < -0.39 is 0 Å². The number of carbonyl (C=O) groups excluding carboxylic acids is 2. The number of aromatic nitrogens is 2. The van der Waals surface area contributed by atoms with Crippen molar-refractivity contribution in [3.8, 4) is 0 Å². The van der Waals surface area contributed by atoms with Gasteiger partial charge >= 0.3 is 0 Å². The Morgan fingerprint density at radius 3 is 2.64 bits per heavy atom. The predicted molar refractivity (Wildman–Crippen MR) is 91.7 cm³/mol. The van der Waals surface area contributed by atoms with Crippen molar-refractivity contribution in [1.29, 1.82) is 0 Å². The molecule has 9 heteroatoms. The Morgan fingerprint density at radius 2 is 1.96 bits per heavy atom. The lowest BCUT2D eigenvalue weighted by molar-refractivity contribution is -0.132. The van der Waals surface area contributed by atoms with Gasteiger partial charge in [0.25, 0.3) is 0 Å². The van der Waals surface area contributed by atoms with Crippen molar-refractivity contribution in [2.24, 2.45) is 0 Å². The number of amides is 2. The molecule has 1 aromatic heterocycles. The van der Waals surface area contributed by atoms with Gasteiger partial charge in [0.15, 0.2) is 0 Å². The molecular weight excluding hydrogens is 345 g/mol. The molecule has 2 aromatic rings. The number of rotatable bonds is 5. The van der Waals surface area contributed by atoms with Crippen LogP contribution in [0.25, 0.3) is 0 Å². The largest absolute Gasteiger partial charge is 0.340 e. The second-order valence-electron chi connectivity index (χ2n) is 5.72. The smallest absolute Gasteiger partial charge is 0.240 e. The Hall–Kier alpha value is -2.39. The van der Waals surface area contributed by atoms with Crippen LogP contribution in [-0.2, 0) is 16.0 Å². The maximum absolute atomic E-state index is 13.6. The molecule has 1 aliphatic heterocycles. The van der Waals surface area contributed by atoms with Crippen molar-refractivity contribution in [1.82, 2.24) is 20.0 Å². The molecule has 3 rings (SSSR count). The van der Waals surface area contributed by atoms with Crippen molar-refractivity contribution < 1.29 is 14.0 Å². The molecule has 0 radical (unpaired) electrons. The summed E-state index contributed by atoms with van der Waals surface area (Å²) in [4.78, 5) is 27.9. The molecule has 0 saturated carbocycles. The van der Waals surface area contributed by atoms with Gasteiger partial charge < -0.3 is 4.90 Å². The quantitative estimate of drug-likeness (QED) is 0.858. The standard InChI is InChI=1S/C16H18FN5O2S/c17-13-4-2-1-3-12(13)9-15(24)22-7-5-21(6-8-22)10-14(23)19-16-20-18-11-25-16/h1-4,11H,5-10H2,(H,19,20,23). The van der Waals surface area contributed by atoms with Crippen molar-refractivity contribution >= 4 is 28.3 Å². The average Bonchev–Trinajstić information content (AvgIpc) is 3.10. The van der Waals surface area contributed by atoms with Gasteiger partial charge in [-0.25, -0.2) is 4.39 Å². The van der Waals surface area contributed by atoms with Crippen LogP contribution in [0.1, 0.15) is 5.56 Å². The Bertz CT molecular complexity index is 732. The van der Waals surface area contributed by atoms with Gasteiger partial charge in [0.2, 0.25) is 16.9 Å². The molecule has 0 unspecified atom stereocenters. The summed E-state index contributed by atoms with van der Waals surface area (Å²) in [5.41, 5.74) is 1.96. The van der Waals surface area contributed by atoms with Crippen molar-refractivity contribution in [3.63, 3.8) is 0 Å². The third-order valence-electron chi connectivity index (χ3n) is 4.00. The number of hydrogen-bond donors (Lipinski definition) is 1. The second kappa shape index (κ2) is 8.13. The molecular formula is C16H18FN5O2S. The summed E-state index contributed by atoms with van der Waals surface area (Å²) in [6.45, 7) is 2.51. The summed E-state index contributed by atoms with van der Waals surface area (Å²) in [5.74, 6) is -0.603. The van der Waals surface area contributed by atoms with Crippen LogP contribution in [0.3, 0.4) is 0 Å². The van der Waals surface area contributed by atoms with E-state index >= 15 is 0 Å². The number of nitrogens with one attached hydrogen (secondary N) is 1. The third kappa shape index (κ3) is 4.80. The minimum atomic E-state index is -0.358. The summed E-state index contributed by atoms with van der Waals surface area (Å²) in [5, 5.41) is 10.6. The van der Waals surface area contributed by atoms with E-state index in [4.69, 9.17) is 0 Å². The van der Waals surface area contributed by atoms with Gasteiger partial charge in [0.1, 0.15) is 11.3 Å². The summed E-state index contributed by atoms with van der Waals surface area (Å²) < 4.78 is 13.6. The van der Waals surface area contributed by atoms with E-state index in [-0.39, 0.29) is 30.6 Å². The van der Waals surface area contributed by atoms with Crippen LogP contribution in [0.5, 0.6) is 0 Å². The second-order valence-corrected chi connectivity index (χ2v) is 6.55. The fourth-order valence-corrected chi connectivity index (χ4v) is 3.12. The first-order valence-electron chi connectivity index (χ1n) is 7.91. The van der Waals surface area contributed by atoms with E-state index in [9.17, 15) is 14.0 Å². The molecule has 1 fully saturated rings. The summed E-state index contributed by atoms with van der Waals surface area (Å²) >= 11 is 1.26. The normalized spacial score (nSPS) is 15.2. The van der Waals surface area contributed by atoms with Crippen LogP contribution < -0.4 is 5.32 Å². The summed E-state index contributed by atoms with van der Waals surface area (Å²) in [6.07, 6.45) is 0.0597. The number of halogens is 1. The molecule has 0 aliphatic carbocycles. The highest BCUT2D eigenvalue weighted by molar-refractivity contribution is 7.13. The van der Waals surface area contributed by atoms with Gasteiger partial charge in [-0.2, -0.15) is 0 Å². The lowest BCUT2D eigenvalue weighted by atomic mass is 10.1. The summed E-state index contributed by atoms with van der Waals surface area (Å²) in [6, 6.07) is 6.31. The van der Waals surface area contributed by atoms with Crippen molar-refractivity contribution in [2.45, 2.75) is 6.42 Å². The van der Waals surface area contributed by atoms with E-state index in [0.29, 0.717) is 36.9 Å². The SMILES string of the molecule is O=C(CN1CCN(C(=O)Cc2ccccc2F)CC1)Nc1nncs1. The first-order valence-corrected chi connectivity index (χ1v) is 8.79. The molecule has 0 bridgehead atoms. The zero-order valence-corrected chi connectivity index (χ0v) is 14.3. The molecule has 25 heavy (non-hydrogen) atoms. The molecule has 1 N–H and O–H groups in total. The van der Waals surface area contributed by atoms with Crippen LogP contribution in [0.15, 0.2) is 29.8 Å². The first kappa shape index (κ1) is 17.4.